The van der Waals surface area contributed by atoms with E-state index < -0.39 is 0 Å². The van der Waals surface area contributed by atoms with Gasteiger partial charge in [-0.25, -0.2) is 4.98 Å². The largest absolute Gasteiger partial charge is 0.366 e. The fourth-order valence-electron chi connectivity index (χ4n) is 2.80. The molecule has 0 saturated carbocycles. The highest BCUT2D eigenvalue weighted by Crippen LogP contribution is 2.27. The van der Waals surface area contributed by atoms with Crippen molar-refractivity contribution >= 4 is 28.4 Å². The number of thioether (sulfide) groups is 1. The Kier molecular flexibility index (Phi) is 5.12. The zero-order chi connectivity index (χ0) is 17.6. The molecule has 2 aromatic heterocycles. The third-order valence-corrected chi connectivity index (χ3v) is 5.39. The summed E-state index contributed by atoms with van der Waals surface area (Å²) in [5.74, 6) is 1.84. The first-order valence-electron chi connectivity index (χ1n) is 8.57. The summed E-state index contributed by atoms with van der Waals surface area (Å²) in [6, 6.07) is 23.0. The van der Waals surface area contributed by atoms with Gasteiger partial charge in [-0.3, -0.25) is 4.98 Å². The van der Waals surface area contributed by atoms with Gasteiger partial charge in [0.25, 0.3) is 0 Å². The maximum atomic E-state index is 4.52. The third-order valence-electron chi connectivity index (χ3n) is 4.21. The number of aromatic nitrogens is 2. The Morgan fingerprint density at radius 1 is 0.846 bits per heavy atom. The monoisotopic (exact) mass is 357 g/mol. The molecule has 26 heavy (non-hydrogen) atoms. The van der Waals surface area contributed by atoms with Crippen LogP contribution in [0.2, 0.25) is 0 Å². The van der Waals surface area contributed by atoms with Crippen LogP contribution in [0.4, 0.5) is 5.82 Å². The molecular weight excluding hydrogens is 338 g/mol. The van der Waals surface area contributed by atoms with Crippen molar-refractivity contribution in [2.45, 2.75) is 17.2 Å². The van der Waals surface area contributed by atoms with Gasteiger partial charge >= 0.3 is 0 Å². The number of hydrogen-bond donors (Lipinski definition) is 1. The van der Waals surface area contributed by atoms with Crippen LogP contribution in [0, 0.1) is 0 Å². The van der Waals surface area contributed by atoms with Crippen LogP contribution in [0.25, 0.3) is 10.8 Å². The van der Waals surface area contributed by atoms with Gasteiger partial charge in [0, 0.05) is 41.2 Å². The summed E-state index contributed by atoms with van der Waals surface area (Å²) in [5.41, 5.74) is 2.56. The van der Waals surface area contributed by atoms with E-state index in [1.807, 2.05) is 36.4 Å². The van der Waals surface area contributed by atoms with E-state index in [9.17, 15) is 0 Å². The predicted molar refractivity (Wildman–Crippen MR) is 109 cm³/mol. The molecule has 0 bridgehead atoms. The molecule has 0 radical (unpaired) electrons. The van der Waals surface area contributed by atoms with Gasteiger partial charge in [0.1, 0.15) is 5.82 Å². The van der Waals surface area contributed by atoms with Crippen molar-refractivity contribution in [3.63, 3.8) is 0 Å². The lowest BCUT2D eigenvalue weighted by Crippen LogP contribution is -2.02. The molecule has 0 atom stereocenters. The first-order valence-corrected chi connectivity index (χ1v) is 9.55. The van der Waals surface area contributed by atoms with E-state index in [0.717, 1.165) is 23.5 Å². The van der Waals surface area contributed by atoms with Gasteiger partial charge in [0.15, 0.2) is 0 Å². The second kappa shape index (κ2) is 8.02. The Labute approximate surface area is 157 Å². The van der Waals surface area contributed by atoms with Crippen LogP contribution >= 0.6 is 11.8 Å². The van der Waals surface area contributed by atoms with Crippen molar-refractivity contribution in [2.75, 3.05) is 5.32 Å². The summed E-state index contributed by atoms with van der Waals surface area (Å²) in [7, 11) is 0. The molecule has 128 valence electrons. The molecule has 2 heterocycles. The summed E-state index contributed by atoms with van der Waals surface area (Å²) in [5, 5.41) is 5.82. The van der Waals surface area contributed by atoms with E-state index in [4.69, 9.17) is 0 Å². The van der Waals surface area contributed by atoms with Crippen molar-refractivity contribution in [3.8, 4) is 0 Å². The highest BCUT2D eigenvalue weighted by molar-refractivity contribution is 7.98. The summed E-state index contributed by atoms with van der Waals surface area (Å²) < 4.78 is 0. The van der Waals surface area contributed by atoms with Crippen molar-refractivity contribution in [1.82, 2.24) is 9.97 Å². The maximum Gasteiger partial charge on any atom is 0.126 e. The van der Waals surface area contributed by atoms with Crippen LogP contribution in [0.15, 0.2) is 90.2 Å². The normalized spacial score (nSPS) is 10.8. The van der Waals surface area contributed by atoms with Crippen molar-refractivity contribution < 1.29 is 0 Å². The number of pyridine rings is 2. The third kappa shape index (κ3) is 4.03. The minimum Gasteiger partial charge on any atom is -0.366 e. The molecule has 4 heteroatoms. The number of benzene rings is 2. The predicted octanol–water partition coefficient (Wildman–Crippen LogP) is 5.53. The van der Waals surface area contributed by atoms with Crippen LogP contribution in [-0.2, 0) is 12.3 Å². The summed E-state index contributed by atoms with van der Waals surface area (Å²) in [6.45, 7) is 0.755. The minimum absolute atomic E-state index is 0.755. The summed E-state index contributed by atoms with van der Waals surface area (Å²) in [6.07, 6.45) is 5.60. The molecule has 0 amide bonds. The molecule has 2 aromatic carbocycles. The average Bonchev–Trinajstić information content (AvgIpc) is 2.72. The van der Waals surface area contributed by atoms with Gasteiger partial charge in [0.2, 0.25) is 0 Å². The average molecular weight is 357 g/mol. The second-order valence-electron chi connectivity index (χ2n) is 6.02. The number of fused-ring (bicyclic) bond motifs is 1. The highest BCUT2D eigenvalue weighted by Gasteiger charge is 2.04. The molecule has 0 unspecified atom stereocenters. The molecule has 3 nitrogen and oxygen atoms in total. The lowest BCUT2D eigenvalue weighted by molar-refractivity contribution is 1.07. The molecule has 4 rings (SSSR count). The van der Waals surface area contributed by atoms with Crippen molar-refractivity contribution in [3.05, 3.63) is 96.4 Å². The second-order valence-corrected chi connectivity index (χ2v) is 7.04. The SMILES string of the molecule is c1ccc(SCc2ccncc2)c(CNc2cc3ccccc3cn2)c1. The van der Waals surface area contributed by atoms with Crippen LogP contribution in [0.3, 0.4) is 0 Å². The number of rotatable bonds is 6. The Morgan fingerprint density at radius 2 is 1.62 bits per heavy atom. The molecule has 4 aromatic rings. The Bertz CT molecular complexity index is 1000. The van der Waals surface area contributed by atoms with Gasteiger partial charge in [-0.05, 0) is 40.8 Å². The van der Waals surface area contributed by atoms with E-state index in [1.54, 1.807) is 0 Å². The molecule has 0 spiro atoms. The summed E-state index contributed by atoms with van der Waals surface area (Å²) >= 11 is 1.85. The van der Waals surface area contributed by atoms with Crippen molar-refractivity contribution in [1.29, 1.82) is 0 Å². The number of nitrogens with one attached hydrogen (secondary N) is 1. The Morgan fingerprint density at radius 3 is 2.50 bits per heavy atom. The Balaban J connectivity index is 1.45. The zero-order valence-electron chi connectivity index (χ0n) is 14.3. The fourth-order valence-corrected chi connectivity index (χ4v) is 3.81. The lowest BCUT2D eigenvalue weighted by atomic mass is 10.2. The first-order chi connectivity index (χ1) is 12.9. The van der Waals surface area contributed by atoms with Crippen LogP contribution in [0.5, 0.6) is 0 Å². The van der Waals surface area contributed by atoms with Gasteiger partial charge in [0.05, 0.1) is 0 Å². The zero-order valence-corrected chi connectivity index (χ0v) is 15.1. The number of anilines is 1. The van der Waals surface area contributed by atoms with E-state index in [0.29, 0.717) is 0 Å². The Hall–Kier alpha value is -2.85. The summed E-state index contributed by atoms with van der Waals surface area (Å²) in [4.78, 5) is 9.89. The lowest BCUT2D eigenvalue weighted by Gasteiger charge is -2.11. The van der Waals surface area contributed by atoms with Crippen molar-refractivity contribution in [2.24, 2.45) is 0 Å². The molecule has 0 aliphatic heterocycles. The minimum atomic E-state index is 0.755. The first kappa shape index (κ1) is 16.6. The molecule has 0 saturated heterocycles. The van der Waals surface area contributed by atoms with Crippen LogP contribution in [-0.4, -0.2) is 9.97 Å². The molecule has 0 aliphatic rings. The topological polar surface area (TPSA) is 37.8 Å². The van der Waals surface area contributed by atoms with Crippen LogP contribution in [0.1, 0.15) is 11.1 Å². The molecule has 0 aliphatic carbocycles. The van der Waals surface area contributed by atoms with Gasteiger partial charge in [-0.1, -0.05) is 42.5 Å². The number of hydrogen-bond acceptors (Lipinski definition) is 4. The number of nitrogens with zero attached hydrogens (tertiary/aromatic N) is 2. The fraction of sp³-hybridized carbons (Fsp3) is 0.0909. The molecule has 0 fully saturated rings. The van der Waals surface area contributed by atoms with Gasteiger partial charge in [-0.2, -0.15) is 0 Å². The van der Waals surface area contributed by atoms with E-state index in [2.05, 4.69) is 75.9 Å². The quantitative estimate of drug-likeness (QED) is 0.460. The molecule has 1 N–H and O–H groups in total. The van der Waals surface area contributed by atoms with Crippen LogP contribution < -0.4 is 5.32 Å². The van der Waals surface area contributed by atoms with Gasteiger partial charge < -0.3 is 5.32 Å². The van der Waals surface area contributed by atoms with E-state index in [1.165, 1.54) is 21.4 Å². The highest BCUT2D eigenvalue weighted by atomic mass is 32.2. The van der Waals surface area contributed by atoms with E-state index in [-0.39, 0.29) is 0 Å². The standard InChI is InChI=1S/C22H19N3S/c1-2-6-19-14-24-22(13-18(19)5-1)25-15-20-7-3-4-8-21(20)26-16-17-9-11-23-12-10-17/h1-14H,15-16H2,(H,24,25). The molecular formula is C22H19N3S. The van der Waals surface area contributed by atoms with Gasteiger partial charge in [-0.15, -0.1) is 11.8 Å². The smallest absolute Gasteiger partial charge is 0.126 e. The van der Waals surface area contributed by atoms with E-state index >= 15 is 0 Å². The maximum absolute atomic E-state index is 4.52.